The summed E-state index contributed by atoms with van der Waals surface area (Å²) >= 11 is 0. The monoisotopic (exact) mass is 272 g/mol. The third-order valence-corrected chi connectivity index (χ3v) is 3.32. The van der Waals surface area contributed by atoms with Gasteiger partial charge < -0.3 is 5.73 Å². The molecule has 0 fully saturated rings. The first-order valence-corrected chi connectivity index (χ1v) is 6.71. The van der Waals surface area contributed by atoms with Crippen molar-refractivity contribution in [3.8, 4) is 0 Å². The van der Waals surface area contributed by atoms with Crippen molar-refractivity contribution in [2.75, 3.05) is 5.32 Å². The number of primary amides is 1. The second-order valence-corrected chi connectivity index (χ2v) is 4.86. The maximum atomic E-state index is 11.0. The Labute approximate surface area is 118 Å². The van der Waals surface area contributed by atoms with Gasteiger partial charge in [-0.1, -0.05) is 30.3 Å². The largest absolute Gasteiger partial charge is 0.351 e. The van der Waals surface area contributed by atoms with Gasteiger partial charge in [-0.25, -0.2) is 4.79 Å². The zero-order chi connectivity index (χ0) is 14.5. The highest BCUT2D eigenvalue weighted by Gasteiger charge is 2.14. The predicted molar refractivity (Wildman–Crippen MR) is 79.6 cm³/mol. The Morgan fingerprint density at radius 3 is 2.65 bits per heavy atom. The highest BCUT2D eigenvalue weighted by atomic mass is 16.2. The molecule has 0 saturated carbocycles. The maximum Gasteiger partial charge on any atom is 0.317 e. The number of hydrogen-bond acceptors (Lipinski definition) is 2. The van der Waals surface area contributed by atoms with Gasteiger partial charge in [0.05, 0.1) is 5.69 Å². The molecule has 0 unspecified atom stereocenters. The van der Waals surface area contributed by atoms with E-state index >= 15 is 0 Å². The predicted octanol–water partition coefficient (Wildman–Crippen LogP) is 2.39. The fourth-order valence-corrected chi connectivity index (χ4v) is 2.39. The van der Waals surface area contributed by atoms with Crippen LogP contribution < -0.4 is 11.1 Å². The lowest BCUT2D eigenvalue weighted by atomic mass is 10.0. The van der Waals surface area contributed by atoms with Gasteiger partial charge in [0.1, 0.15) is 5.82 Å². The van der Waals surface area contributed by atoms with Crippen LogP contribution in [0, 0.1) is 6.92 Å². The Bertz CT molecular complexity index is 589. The Kier molecular flexibility index (Phi) is 4.40. The fraction of sp³-hybridized carbons (Fsp3) is 0.333. The van der Waals surface area contributed by atoms with Crippen molar-refractivity contribution in [2.45, 2.75) is 26.2 Å². The first kappa shape index (κ1) is 14.1. The molecular formula is C15H20N4O. The van der Waals surface area contributed by atoms with Crippen LogP contribution >= 0.6 is 0 Å². The number of aromatic nitrogens is 2. The van der Waals surface area contributed by atoms with Crippen LogP contribution in [0.5, 0.6) is 0 Å². The standard InChI is InChI=1S/C15H20N4O/c1-11-13(14(17-15(16)20)19(2)18-11)10-6-9-12-7-4-3-5-8-12/h3-5,7-8H,6,9-10H2,1-2H3,(H3,16,17,20). The van der Waals surface area contributed by atoms with Gasteiger partial charge in [-0.05, 0) is 31.7 Å². The molecule has 0 spiro atoms. The van der Waals surface area contributed by atoms with E-state index in [1.54, 1.807) is 11.7 Å². The molecule has 0 aliphatic carbocycles. The minimum Gasteiger partial charge on any atom is -0.351 e. The van der Waals surface area contributed by atoms with Gasteiger partial charge >= 0.3 is 6.03 Å². The van der Waals surface area contributed by atoms with Crippen molar-refractivity contribution in [2.24, 2.45) is 12.8 Å². The topological polar surface area (TPSA) is 72.9 Å². The molecule has 2 rings (SSSR count). The molecule has 20 heavy (non-hydrogen) atoms. The summed E-state index contributed by atoms with van der Waals surface area (Å²) in [7, 11) is 1.80. The number of carbonyl (C=O) groups is 1. The van der Waals surface area contributed by atoms with E-state index in [0.29, 0.717) is 5.82 Å². The number of rotatable bonds is 5. The average Bonchev–Trinajstić information content (AvgIpc) is 2.66. The van der Waals surface area contributed by atoms with Crippen LogP contribution in [0.4, 0.5) is 10.6 Å². The second kappa shape index (κ2) is 6.23. The minimum absolute atomic E-state index is 0.558. The second-order valence-electron chi connectivity index (χ2n) is 4.86. The number of nitrogens with one attached hydrogen (secondary N) is 1. The molecule has 1 aromatic heterocycles. The number of nitrogens with two attached hydrogens (primary N) is 1. The smallest absolute Gasteiger partial charge is 0.317 e. The molecule has 3 N–H and O–H groups in total. The summed E-state index contributed by atoms with van der Waals surface area (Å²) in [6, 6.07) is 9.80. The van der Waals surface area contributed by atoms with Crippen molar-refractivity contribution < 1.29 is 4.79 Å². The van der Waals surface area contributed by atoms with E-state index in [-0.39, 0.29) is 0 Å². The number of hydrogen-bond donors (Lipinski definition) is 2. The van der Waals surface area contributed by atoms with E-state index < -0.39 is 6.03 Å². The lowest BCUT2D eigenvalue weighted by Gasteiger charge is -2.07. The third kappa shape index (κ3) is 3.38. The molecule has 106 valence electrons. The summed E-state index contributed by atoms with van der Waals surface area (Å²) in [6.45, 7) is 1.95. The first-order chi connectivity index (χ1) is 9.58. The fourth-order valence-electron chi connectivity index (χ4n) is 2.39. The molecule has 5 nitrogen and oxygen atoms in total. The quantitative estimate of drug-likeness (QED) is 0.877. The number of carbonyl (C=O) groups excluding carboxylic acids is 1. The average molecular weight is 272 g/mol. The molecule has 0 bridgehead atoms. The van der Waals surface area contributed by atoms with E-state index in [9.17, 15) is 4.79 Å². The van der Waals surface area contributed by atoms with Crippen LogP contribution in [0.25, 0.3) is 0 Å². The first-order valence-electron chi connectivity index (χ1n) is 6.71. The van der Waals surface area contributed by atoms with Gasteiger partial charge in [-0.2, -0.15) is 5.10 Å². The van der Waals surface area contributed by atoms with E-state index in [2.05, 4.69) is 22.5 Å². The summed E-state index contributed by atoms with van der Waals surface area (Å²) in [6.07, 6.45) is 2.87. The van der Waals surface area contributed by atoms with Gasteiger partial charge in [-0.15, -0.1) is 0 Å². The molecule has 0 aliphatic heterocycles. The number of amides is 2. The zero-order valence-corrected chi connectivity index (χ0v) is 11.9. The van der Waals surface area contributed by atoms with Crippen LogP contribution in [0.3, 0.4) is 0 Å². The van der Waals surface area contributed by atoms with Gasteiger partial charge in [0.2, 0.25) is 0 Å². The zero-order valence-electron chi connectivity index (χ0n) is 11.9. The summed E-state index contributed by atoms with van der Waals surface area (Å²) in [5.74, 6) is 0.697. The molecule has 2 aromatic rings. The number of aryl methyl sites for hydroxylation is 3. The van der Waals surface area contributed by atoms with Crippen molar-refractivity contribution in [1.82, 2.24) is 9.78 Å². The van der Waals surface area contributed by atoms with Gasteiger partial charge in [-0.3, -0.25) is 10.00 Å². The number of anilines is 1. The minimum atomic E-state index is -0.558. The summed E-state index contributed by atoms with van der Waals surface area (Å²) in [5.41, 5.74) is 8.51. The van der Waals surface area contributed by atoms with E-state index in [0.717, 1.165) is 30.5 Å². The highest BCUT2D eigenvalue weighted by Crippen LogP contribution is 2.21. The normalized spacial score (nSPS) is 10.5. The van der Waals surface area contributed by atoms with Crippen LogP contribution in [0.15, 0.2) is 30.3 Å². The van der Waals surface area contributed by atoms with E-state index in [1.807, 2.05) is 25.1 Å². The van der Waals surface area contributed by atoms with E-state index in [1.165, 1.54) is 5.56 Å². The summed E-state index contributed by atoms with van der Waals surface area (Å²) in [4.78, 5) is 11.0. The Morgan fingerprint density at radius 2 is 2.00 bits per heavy atom. The number of benzene rings is 1. The number of urea groups is 1. The molecule has 2 amide bonds. The highest BCUT2D eigenvalue weighted by molar-refractivity contribution is 5.87. The van der Waals surface area contributed by atoms with Crippen molar-refractivity contribution in [3.05, 3.63) is 47.2 Å². The van der Waals surface area contributed by atoms with Crippen molar-refractivity contribution in [1.29, 1.82) is 0 Å². The molecular weight excluding hydrogens is 252 g/mol. The molecule has 5 heteroatoms. The Balaban J connectivity index is 2.03. The SMILES string of the molecule is Cc1nn(C)c(NC(N)=O)c1CCCc1ccccc1. The van der Waals surface area contributed by atoms with Crippen molar-refractivity contribution in [3.63, 3.8) is 0 Å². The molecule has 1 aromatic carbocycles. The lowest BCUT2D eigenvalue weighted by Crippen LogP contribution is -2.22. The van der Waals surface area contributed by atoms with Crippen LogP contribution in [-0.4, -0.2) is 15.8 Å². The summed E-state index contributed by atoms with van der Waals surface area (Å²) < 4.78 is 1.66. The third-order valence-electron chi connectivity index (χ3n) is 3.32. The molecule has 0 atom stereocenters. The van der Waals surface area contributed by atoms with Gasteiger partial charge in [0.15, 0.2) is 0 Å². The molecule has 0 aliphatic rings. The van der Waals surface area contributed by atoms with Crippen molar-refractivity contribution >= 4 is 11.8 Å². The van der Waals surface area contributed by atoms with Gasteiger partial charge in [0, 0.05) is 12.6 Å². The van der Waals surface area contributed by atoms with Crippen LogP contribution in [0.1, 0.15) is 23.2 Å². The van der Waals surface area contributed by atoms with E-state index in [4.69, 9.17) is 5.73 Å². The van der Waals surface area contributed by atoms with Gasteiger partial charge in [0.25, 0.3) is 0 Å². The molecule has 0 saturated heterocycles. The summed E-state index contributed by atoms with van der Waals surface area (Å²) in [5, 5.41) is 6.99. The Hall–Kier alpha value is -2.30. The lowest BCUT2D eigenvalue weighted by molar-refractivity contribution is 0.259. The van der Waals surface area contributed by atoms with Crippen LogP contribution in [0.2, 0.25) is 0 Å². The molecule has 1 heterocycles. The molecule has 0 radical (unpaired) electrons. The van der Waals surface area contributed by atoms with Crippen LogP contribution in [-0.2, 0) is 19.9 Å². The Morgan fingerprint density at radius 1 is 1.30 bits per heavy atom. The maximum absolute atomic E-state index is 11.0. The number of nitrogens with zero attached hydrogens (tertiary/aromatic N) is 2.